The standard InChI is InChI=1S/C23H38ClNO3S/c1-18-16-25(17-19(2)28-18)22-13-12-20(15-21(22)24)11-9-7-6-8-10-14-29(26,27)23(3,4)5/h12-13,15,18-19H,6-11,14,16-17H2,1-5H3/t18-,19+. The molecule has 166 valence electrons. The van der Waals surface area contributed by atoms with Gasteiger partial charge in [-0.2, -0.15) is 0 Å². The second-order valence-electron chi connectivity index (χ2n) is 9.40. The molecule has 6 heteroatoms. The van der Waals surface area contributed by atoms with Crippen LogP contribution in [0.15, 0.2) is 18.2 Å². The quantitative estimate of drug-likeness (QED) is 0.462. The Bertz CT molecular complexity index is 748. The Kier molecular flexibility index (Phi) is 8.87. The predicted molar refractivity (Wildman–Crippen MR) is 124 cm³/mol. The van der Waals surface area contributed by atoms with E-state index in [1.165, 1.54) is 5.56 Å². The zero-order chi connectivity index (χ0) is 21.7. The summed E-state index contributed by atoms with van der Waals surface area (Å²) in [6.45, 7) is 11.3. The summed E-state index contributed by atoms with van der Waals surface area (Å²) in [5.74, 6) is 0.298. The van der Waals surface area contributed by atoms with Crippen molar-refractivity contribution in [3.05, 3.63) is 28.8 Å². The van der Waals surface area contributed by atoms with Crippen LogP contribution in [0.25, 0.3) is 0 Å². The minimum absolute atomic E-state index is 0.216. The Balaban J connectivity index is 1.72. The first kappa shape index (κ1) is 24.5. The van der Waals surface area contributed by atoms with E-state index in [1.807, 2.05) is 0 Å². The molecule has 0 saturated carbocycles. The van der Waals surface area contributed by atoms with Crippen LogP contribution >= 0.6 is 11.6 Å². The van der Waals surface area contributed by atoms with Crippen molar-refractivity contribution in [3.63, 3.8) is 0 Å². The molecule has 0 aromatic heterocycles. The zero-order valence-corrected chi connectivity index (χ0v) is 20.3. The lowest BCUT2D eigenvalue weighted by Gasteiger charge is -2.37. The number of aryl methyl sites for hydroxylation is 1. The predicted octanol–water partition coefficient (Wildman–Crippen LogP) is 5.66. The second-order valence-corrected chi connectivity index (χ2v) is 12.7. The molecule has 0 unspecified atom stereocenters. The lowest BCUT2D eigenvalue weighted by atomic mass is 10.0. The summed E-state index contributed by atoms with van der Waals surface area (Å²) in [7, 11) is -2.99. The molecule has 1 fully saturated rings. The molecule has 2 atom stereocenters. The van der Waals surface area contributed by atoms with E-state index in [1.54, 1.807) is 20.8 Å². The van der Waals surface area contributed by atoms with Gasteiger partial charge in [0.2, 0.25) is 0 Å². The van der Waals surface area contributed by atoms with Crippen LogP contribution in [0.1, 0.15) is 72.3 Å². The van der Waals surface area contributed by atoms with Gasteiger partial charge >= 0.3 is 0 Å². The molecule has 0 amide bonds. The first-order valence-electron chi connectivity index (χ1n) is 10.9. The third-order valence-corrected chi connectivity index (χ3v) is 8.58. The van der Waals surface area contributed by atoms with E-state index >= 15 is 0 Å². The highest BCUT2D eigenvalue weighted by atomic mass is 35.5. The maximum absolute atomic E-state index is 12.1. The van der Waals surface area contributed by atoms with Crippen molar-refractivity contribution in [2.24, 2.45) is 0 Å². The van der Waals surface area contributed by atoms with E-state index in [0.717, 1.165) is 62.3 Å². The highest BCUT2D eigenvalue weighted by Gasteiger charge is 2.28. The number of sulfone groups is 1. The summed E-state index contributed by atoms with van der Waals surface area (Å²) in [6, 6.07) is 6.42. The number of nitrogens with zero attached hydrogens (tertiary/aromatic N) is 1. The van der Waals surface area contributed by atoms with Gasteiger partial charge in [0, 0.05) is 13.1 Å². The van der Waals surface area contributed by atoms with Crippen LogP contribution < -0.4 is 4.90 Å². The molecule has 0 aliphatic carbocycles. The average Bonchev–Trinajstić information content (AvgIpc) is 2.59. The Labute approximate surface area is 182 Å². The molecule has 0 N–H and O–H groups in total. The minimum Gasteiger partial charge on any atom is -0.372 e. The number of hydrogen-bond acceptors (Lipinski definition) is 4. The number of anilines is 1. The molecule has 1 aromatic carbocycles. The number of morpholine rings is 1. The largest absolute Gasteiger partial charge is 0.372 e. The fraction of sp³-hybridized carbons (Fsp3) is 0.739. The number of rotatable bonds is 9. The maximum atomic E-state index is 12.1. The van der Waals surface area contributed by atoms with Gasteiger partial charge in [-0.3, -0.25) is 0 Å². The number of unbranched alkanes of at least 4 members (excludes halogenated alkanes) is 4. The molecule has 1 saturated heterocycles. The van der Waals surface area contributed by atoms with E-state index in [2.05, 4.69) is 36.9 Å². The summed E-state index contributed by atoms with van der Waals surface area (Å²) >= 11 is 6.58. The third kappa shape index (κ3) is 7.45. The monoisotopic (exact) mass is 443 g/mol. The SMILES string of the molecule is C[C@@H]1CN(c2ccc(CCCCCCCS(=O)(=O)C(C)(C)C)cc2Cl)C[C@H](C)O1. The normalized spacial score (nSPS) is 20.8. The fourth-order valence-corrected chi connectivity index (χ4v) is 5.31. The lowest BCUT2D eigenvalue weighted by Crippen LogP contribution is -2.45. The van der Waals surface area contributed by atoms with Gasteiger partial charge in [-0.05, 0) is 71.6 Å². The third-order valence-electron chi connectivity index (χ3n) is 5.58. The Hall–Kier alpha value is -0.780. The smallest absolute Gasteiger partial charge is 0.155 e. The summed E-state index contributed by atoms with van der Waals surface area (Å²) in [5, 5.41) is 0.816. The van der Waals surface area contributed by atoms with Crippen molar-refractivity contribution in [2.75, 3.05) is 23.7 Å². The molecule has 0 bridgehead atoms. The number of benzene rings is 1. The lowest BCUT2D eigenvalue weighted by molar-refractivity contribution is -0.00521. The van der Waals surface area contributed by atoms with E-state index in [9.17, 15) is 8.42 Å². The number of ether oxygens (including phenoxy) is 1. The van der Waals surface area contributed by atoms with E-state index in [0.29, 0.717) is 5.75 Å². The molecule has 1 heterocycles. The molecular formula is C23H38ClNO3S. The Morgan fingerprint density at radius 1 is 1.03 bits per heavy atom. The van der Waals surface area contributed by atoms with Crippen LogP contribution in [0.2, 0.25) is 5.02 Å². The molecule has 4 nitrogen and oxygen atoms in total. The molecule has 1 aromatic rings. The highest BCUT2D eigenvalue weighted by molar-refractivity contribution is 7.92. The first-order valence-corrected chi connectivity index (χ1v) is 12.9. The average molecular weight is 444 g/mol. The van der Waals surface area contributed by atoms with E-state index in [-0.39, 0.29) is 12.2 Å². The zero-order valence-electron chi connectivity index (χ0n) is 18.7. The van der Waals surface area contributed by atoms with Gasteiger partial charge in [0.15, 0.2) is 9.84 Å². The minimum atomic E-state index is -2.99. The van der Waals surface area contributed by atoms with Crippen LogP contribution in [0.5, 0.6) is 0 Å². The van der Waals surface area contributed by atoms with Gasteiger partial charge < -0.3 is 9.64 Å². The van der Waals surface area contributed by atoms with Crippen LogP contribution in [0, 0.1) is 0 Å². The van der Waals surface area contributed by atoms with Gasteiger partial charge in [0.05, 0.1) is 33.4 Å². The highest BCUT2D eigenvalue weighted by Crippen LogP contribution is 2.30. The first-order chi connectivity index (χ1) is 13.5. The molecule has 29 heavy (non-hydrogen) atoms. The molecule has 1 aliphatic rings. The fourth-order valence-electron chi connectivity index (χ4n) is 3.79. The van der Waals surface area contributed by atoms with Gasteiger partial charge in [-0.25, -0.2) is 8.42 Å². The van der Waals surface area contributed by atoms with Crippen LogP contribution in [-0.4, -0.2) is 44.2 Å². The van der Waals surface area contributed by atoms with Gasteiger partial charge in [-0.15, -0.1) is 0 Å². The molecular weight excluding hydrogens is 406 g/mol. The summed E-state index contributed by atoms with van der Waals surface area (Å²) in [6.07, 6.45) is 6.48. The van der Waals surface area contributed by atoms with Gasteiger partial charge in [0.1, 0.15) is 0 Å². The summed E-state index contributed by atoms with van der Waals surface area (Å²) in [4.78, 5) is 2.32. The Morgan fingerprint density at radius 3 is 2.21 bits per heavy atom. The van der Waals surface area contributed by atoms with Crippen molar-refractivity contribution in [3.8, 4) is 0 Å². The van der Waals surface area contributed by atoms with E-state index < -0.39 is 14.6 Å². The van der Waals surface area contributed by atoms with Crippen molar-refractivity contribution in [2.45, 2.75) is 90.1 Å². The van der Waals surface area contributed by atoms with Crippen molar-refractivity contribution in [1.82, 2.24) is 0 Å². The molecule has 1 aliphatic heterocycles. The van der Waals surface area contributed by atoms with Crippen molar-refractivity contribution < 1.29 is 13.2 Å². The topological polar surface area (TPSA) is 46.6 Å². The van der Waals surface area contributed by atoms with Crippen LogP contribution in [0.3, 0.4) is 0 Å². The Morgan fingerprint density at radius 2 is 1.62 bits per heavy atom. The summed E-state index contributed by atoms with van der Waals surface area (Å²) < 4.78 is 29.4. The van der Waals surface area contributed by atoms with Crippen molar-refractivity contribution in [1.29, 1.82) is 0 Å². The number of halogens is 1. The van der Waals surface area contributed by atoms with Crippen molar-refractivity contribution >= 4 is 27.1 Å². The van der Waals surface area contributed by atoms with Gasteiger partial charge in [0.25, 0.3) is 0 Å². The van der Waals surface area contributed by atoms with Crippen LogP contribution in [0.4, 0.5) is 5.69 Å². The molecule has 0 radical (unpaired) electrons. The van der Waals surface area contributed by atoms with Crippen LogP contribution in [-0.2, 0) is 21.0 Å². The van der Waals surface area contributed by atoms with E-state index in [4.69, 9.17) is 16.3 Å². The molecule has 2 rings (SSSR count). The maximum Gasteiger partial charge on any atom is 0.155 e. The molecule has 0 spiro atoms. The summed E-state index contributed by atoms with van der Waals surface area (Å²) in [5.41, 5.74) is 2.36. The second kappa shape index (κ2) is 10.5. The van der Waals surface area contributed by atoms with Gasteiger partial charge in [-0.1, -0.05) is 36.9 Å². The number of hydrogen-bond donors (Lipinski definition) is 0.